The zero-order valence-electron chi connectivity index (χ0n) is 11.6. The Bertz CT molecular complexity index is 592. The van der Waals surface area contributed by atoms with Gasteiger partial charge in [-0.2, -0.15) is 0 Å². The number of carboxylic acid groups (broad SMARTS) is 1. The Labute approximate surface area is 132 Å². The van der Waals surface area contributed by atoms with Crippen LogP contribution in [0.2, 0.25) is 0 Å². The molecule has 0 aromatic carbocycles. The van der Waals surface area contributed by atoms with Crippen molar-refractivity contribution in [3.63, 3.8) is 0 Å². The standard InChI is InChI=1S/C14H15NO4S2/c1-8(2)6-10(13(17)18)15-12(16)11(21-14(15)20)7-9-4-3-5-19-9/h3-5,7-8,10H,6H2,1-2H3,(H,17,18)/b11-7-. The second-order valence-electron chi connectivity index (χ2n) is 5.05. The van der Waals surface area contributed by atoms with Crippen LogP contribution in [0.5, 0.6) is 0 Å². The maximum atomic E-state index is 12.4. The second-order valence-corrected chi connectivity index (χ2v) is 6.73. The van der Waals surface area contributed by atoms with E-state index in [1.165, 1.54) is 11.2 Å². The molecule has 1 saturated heterocycles. The van der Waals surface area contributed by atoms with Crippen molar-refractivity contribution in [1.29, 1.82) is 0 Å². The summed E-state index contributed by atoms with van der Waals surface area (Å²) in [5, 5.41) is 9.36. The monoisotopic (exact) mass is 325 g/mol. The summed E-state index contributed by atoms with van der Waals surface area (Å²) in [5.74, 6) is -0.746. The number of carboxylic acids is 1. The zero-order valence-corrected chi connectivity index (χ0v) is 13.2. The van der Waals surface area contributed by atoms with E-state index < -0.39 is 12.0 Å². The van der Waals surface area contributed by atoms with Crippen molar-refractivity contribution in [2.45, 2.75) is 26.3 Å². The lowest BCUT2D eigenvalue weighted by Gasteiger charge is -2.24. The highest BCUT2D eigenvalue weighted by Gasteiger charge is 2.40. The van der Waals surface area contributed by atoms with Crippen molar-refractivity contribution in [2.24, 2.45) is 5.92 Å². The number of hydrogen-bond acceptors (Lipinski definition) is 5. The van der Waals surface area contributed by atoms with Crippen LogP contribution in [-0.2, 0) is 9.59 Å². The van der Waals surface area contributed by atoms with Gasteiger partial charge in [0.15, 0.2) is 0 Å². The highest BCUT2D eigenvalue weighted by atomic mass is 32.2. The minimum absolute atomic E-state index is 0.143. The fraction of sp³-hybridized carbons (Fsp3) is 0.357. The van der Waals surface area contributed by atoms with Crippen molar-refractivity contribution >= 4 is 46.3 Å². The molecule has 1 atom stereocenters. The first-order chi connectivity index (χ1) is 9.90. The fourth-order valence-corrected chi connectivity index (χ4v) is 3.35. The Morgan fingerprint density at radius 2 is 2.29 bits per heavy atom. The van der Waals surface area contributed by atoms with Gasteiger partial charge < -0.3 is 9.52 Å². The molecule has 112 valence electrons. The van der Waals surface area contributed by atoms with Gasteiger partial charge in [-0.1, -0.05) is 37.8 Å². The molecule has 0 radical (unpaired) electrons. The van der Waals surface area contributed by atoms with E-state index in [1.807, 2.05) is 13.8 Å². The molecule has 1 aromatic heterocycles. The van der Waals surface area contributed by atoms with E-state index in [0.29, 0.717) is 17.1 Å². The number of amides is 1. The molecule has 5 nitrogen and oxygen atoms in total. The van der Waals surface area contributed by atoms with Crippen molar-refractivity contribution in [1.82, 2.24) is 4.90 Å². The summed E-state index contributed by atoms with van der Waals surface area (Å²) in [6.07, 6.45) is 3.44. The van der Waals surface area contributed by atoms with E-state index in [1.54, 1.807) is 18.2 Å². The average Bonchev–Trinajstić information content (AvgIpc) is 2.97. The predicted octanol–water partition coefficient (Wildman–Crippen LogP) is 2.98. The van der Waals surface area contributed by atoms with E-state index in [2.05, 4.69) is 0 Å². The molecule has 0 spiro atoms. The van der Waals surface area contributed by atoms with Crippen LogP contribution >= 0.6 is 24.0 Å². The molecule has 21 heavy (non-hydrogen) atoms. The molecule has 1 amide bonds. The number of aliphatic carboxylic acids is 1. The van der Waals surface area contributed by atoms with E-state index in [9.17, 15) is 14.7 Å². The lowest BCUT2D eigenvalue weighted by atomic mass is 10.0. The minimum atomic E-state index is -1.04. The lowest BCUT2D eigenvalue weighted by molar-refractivity contribution is -0.145. The SMILES string of the molecule is CC(C)CC(C(=O)O)N1C(=O)/C(=C/c2ccco2)SC1=S. The number of carbonyl (C=O) groups is 2. The third-order valence-corrected chi connectivity index (χ3v) is 4.26. The Kier molecular flexibility index (Phi) is 4.84. The first-order valence-corrected chi connectivity index (χ1v) is 7.66. The summed E-state index contributed by atoms with van der Waals surface area (Å²) in [5.41, 5.74) is 0. The molecule has 0 aliphatic carbocycles. The summed E-state index contributed by atoms with van der Waals surface area (Å²) in [7, 11) is 0. The van der Waals surface area contributed by atoms with Gasteiger partial charge in [0, 0.05) is 6.08 Å². The van der Waals surface area contributed by atoms with E-state index >= 15 is 0 Å². The molecule has 1 fully saturated rings. The van der Waals surface area contributed by atoms with Gasteiger partial charge in [-0.3, -0.25) is 9.69 Å². The average molecular weight is 325 g/mol. The van der Waals surface area contributed by atoms with Crippen molar-refractivity contribution in [3.05, 3.63) is 29.1 Å². The molecule has 0 bridgehead atoms. The topological polar surface area (TPSA) is 70.8 Å². The fourth-order valence-electron chi connectivity index (χ4n) is 2.01. The van der Waals surface area contributed by atoms with Crippen LogP contribution in [0.1, 0.15) is 26.0 Å². The van der Waals surface area contributed by atoms with Crippen LogP contribution in [-0.4, -0.2) is 32.2 Å². The number of hydrogen-bond donors (Lipinski definition) is 1. The maximum absolute atomic E-state index is 12.4. The van der Waals surface area contributed by atoms with Gasteiger partial charge in [0.1, 0.15) is 16.1 Å². The first kappa shape index (κ1) is 15.8. The molecular weight excluding hydrogens is 310 g/mol. The summed E-state index contributed by atoms with van der Waals surface area (Å²) < 4.78 is 5.44. The van der Waals surface area contributed by atoms with Gasteiger partial charge in [0.05, 0.1) is 11.2 Å². The normalized spacial score (nSPS) is 18.8. The van der Waals surface area contributed by atoms with Gasteiger partial charge in [0.25, 0.3) is 5.91 Å². The van der Waals surface area contributed by atoms with Gasteiger partial charge in [-0.15, -0.1) is 0 Å². The number of carbonyl (C=O) groups excluding carboxylic acids is 1. The maximum Gasteiger partial charge on any atom is 0.326 e. The van der Waals surface area contributed by atoms with Gasteiger partial charge in [-0.05, 0) is 24.5 Å². The van der Waals surface area contributed by atoms with Crippen LogP contribution in [0.3, 0.4) is 0 Å². The summed E-state index contributed by atoms with van der Waals surface area (Å²) in [6, 6.07) is 2.50. The van der Waals surface area contributed by atoms with E-state index in [4.69, 9.17) is 16.6 Å². The largest absolute Gasteiger partial charge is 0.480 e. The molecule has 1 aliphatic heterocycles. The highest BCUT2D eigenvalue weighted by Crippen LogP contribution is 2.35. The quantitative estimate of drug-likeness (QED) is 0.663. The molecule has 2 rings (SSSR count). The van der Waals surface area contributed by atoms with E-state index in [-0.39, 0.29) is 16.1 Å². The third-order valence-electron chi connectivity index (χ3n) is 2.93. The van der Waals surface area contributed by atoms with Gasteiger partial charge in [-0.25, -0.2) is 4.79 Å². The highest BCUT2D eigenvalue weighted by molar-refractivity contribution is 8.26. The van der Waals surface area contributed by atoms with Crippen LogP contribution < -0.4 is 0 Å². The van der Waals surface area contributed by atoms with Crippen LogP contribution in [0.15, 0.2) is 27.7 Å². The minimum Gasteiger partial charge on any atom is -0.480 e. The molecule has 0 saturated carbocycles. The number of rotatable bonds is 5. The zero-order chi connectivity index (χ0) is 15.6. The van der Waals surface area contributed by atoms with E-state index in [0.717, 1.165) is 11.8 Å². The number of thiocarbonyl (C=S) groups is 1. The molecule has 1 unspecified atom stereocenters. The Balaban J connectivity index is 2.27. The van der Waals surface area contributed by atoms with Crippen molar-refractivity contribution in [2.75, 3.05) is 0 Å². The second kappa shape index (κ2) is 6.44. The Morgan fingerprint density at radius 3 is 2.81 bits per heavy atom. The Morgan fingerprint density at radius 1 is 1.57 bits per heavy atom. The lowest BCUT2D eigenvalue weighted by Crippen LogP contribution is -2.44. The van der Waals surface area contributed by atoms with Gasteiger partial charge in [0.2, 0.25) is 0 Å². The van der Waals surface area contributed by atoms with Crippen LogP contribution in [0.25, 0.3) is 6.08 Å². The summed E-state index contributed by atoms with van der Waals surface area (Å²) in [4.78, 5) is 25.4. The molecule has 2 heterocycles. The van der Waals surface area contributed by atoms with Crippen molar-refractivity contribution in [3.8, 4) is 0 Å². The number of nitrogens with zero attached hydrogens (tertiary/aromatic N) is 1. The molecular formula is C14H15NO4S2. The van der Waals surface area contributed by atoms with Crippen LogP contribution in [0, 0.1) is 5.92 Å². The molecule has 1 aromatic rings. The number of furan rings is 1. The summed E-state index contributed by atoms with van der Waals surface area (Å²) >= 11 is 6.27. The predicted molar refractivity (Wildman–Crippen MR) is 84.6 cm³/mol. The summed E-state index contributed by atoms with van der Waals surface area (Å²) in [6.45, 7) is 3.82. The van der Waals surface area contributed by atoms with Crippen LogP contribution in [0.4, 0.5) is 0 Å². The molecule has 1 aliphatic rings. The van der Waals surface area contributed by atoms with Crippen molar-refractivity contribution < 1.29 is 19.1 Å². The van der Waals surface area contributed by atoms with Gasteiger partial charge >= 0.3 is 5.97 Å². The molecule has 7 heteroatoms. The Hall–Kier alpha value is -1.60. The molecule has 1 N–H and O–H groups in total. The smallest absolute Gasteiger partial charge is 0.326 e. The third kappa shape index (κ3) is 3.54. The number of thioether (sulfide) groups is 1. The first-order valence-electron chi connectivity index (χ1n) is 6.43.